The zero-order chi connectivity index (χ0) is 19.9. The van der Waals surface area contributed by atoms with E-state index >= 15 is 0 Å². The van der Waals surface area contributed by atoms with Crippen molar-refractivity contribution in [3.05, 3.63) is 33.5 Å². The average molecular weight is 372 g/mol. The van der Waals surface area contributed by atoms with E-state index in [0.717, 1.165) is 6.07 Å². The normalized spacial score (nSPS) is 13.5. The molecule has 1 amide bonds. The van der Waals surface area contributed by atoms with Crippen LogP contribution in [0.3, 0.4) is 0 Å². The standard InChI is InChI=1S/C16H19F3N4O3/c1-7(20-14(25)26-15(3,4)5)11-9(16(17,18)19)6-10-12(23-11)13(24)22-8(2)21-10/h6-7H,1-5H3,(H,20,25)(H,21,22,24). The van der Waals surface area contributed by atoms with Crippen LogP contribution in [0.15, 0.2) is 10.9 Å². The van der Waals surface area contributed by atoms with Crippen LogP contribution >= 0.6 is 0 Å². The number of carbonyl (C=O) groups excluding carboxylic acids is 1. The number of H-pyrrole nitrogens is 1. The minimum Gasteiger partial charge on any atom is -0.444 e. The van der Waals surface area contributed by atoms with E-state index in [9.17, 15) is 22.8 Å². The molecule has 142 valence electrons. The Hall–Kier alpha value is -2.65. The van der Waals surface area contributed by atoms with Crippen LogP contribution < -0.4 is 10.9 Å². The Morgan fingerprint density at radius 3 is 2.42 bits per heavy atom. The van der Waals surface area contributed by atoms with Gasteiger partial charge in [-0.15, -0.1) is 0 Å². The lowest BCUT2D eigenvalue weighted by molar-refractivity contribution is -0.138. The maximum atomic E-state index is 13.4. The Balaban J connectivity index is 2.53. The number of halogens is 3. The van der Waals surface area contributed by atoms with Crippen molar-refractivity contribution in [2.45, 2.75) is 52.4 Å². The van der Waals surface area contributed by atoms with Crippen molar-refractivity contribution >= 4 is 17.1 Å². The molecule has 1 atom stereocenters. The number of aromatic amines is 1. The summed E-state index contributed by atoms with van der Waals surface area (Å²) in [5.41, 5.74) is -3.46. The van der Waals surface area contributed by atoms with Gasteiger partial charge in [-0.3, -0.25) is 4.79 Å². The molecule has 2 heterocycles. The van der Waals surface area contributed by atoms with Crippen LogP contribution in [0.1, 0.15) is 50.8 Å². The molecule has 0 spiro atoms. The first-order valence-corrected chi connectivity index (χ1v) is 7.76. The van der Waals surface area contributed by atoms with Crippen LogP contribution in [-0.2, 0) is 10.9 Å². The molecule has 0 saturated carbocycles. The molecule has 1 unspecified atom stereocenters. The van der Waals surface area contributed by atoms with Gasteiger partial charge in [-0.05, 0) is 40.7 Å². The first kappa shape index (κ1) is 19.7. The second kappa shape index (κ2) is 6.58. The molecule has 0 aliphatic carbocycles. The third kappa shape index (κ3) is 4.50. The number of nitrogens with one attached hydrogen (secondary N) is 2. The van der Waals surface area contributed by atoms with E-state index in [4.69, 9.17) is 4.74 Å². The molecule has 0 aromatic carbocycles. The Morgan fingerprint density at radius 1 is 1.27 bits per heavy atom. The van der Waals surface area contributed by atoms with Gasteiger partial charge in [-0.2, -0.15) is 13.2 Å². The molecule has 2 aromatic heterocycles. The SMILES string of the molecule is Cc1nc2cc(C(F)(F)F)c(C(C)NC(=O)OC(C)(C)C)nc2c(=O)[nH]1. The Labute approximate surface area is 147 Å². The molecule has 7 nitrogen and oxygen atoms in total. The molecule has 0 aliphatic rings. The summed E-state index contributed by atoms with van der Waals surface area (Å²) >= 11 is 0. The number of alkyl halides is 3. The number of alkyl carbamates (subject to hydrolysis) is 1. The van der Waals surface area contributed by atoms with Gasteiger partial charge in [-0.1, -0.05) is 0 Å². The number of hydrogen-bond acceptors (Lipinski definition) is 5. The Kier molecular flexibility index (Phi) is 4.98. The zero-order valence-electron chi connectivity index (χ0n) is 14.9. The van der Waals surface area contributed by atoms with Crippen LogP contribution in [0, 0.1) is 6.92 Å². The quantitative estimate of drug-likeness (QED) is 0.844. The zero-order valence-corrected chi connectivity index (χ0v) is 14.9. The second-order valence-corrected chi connectivity index (χ2v) is 6.81. The topological polar surface area (TPSA) is 97.0 Å². The number of amides is 1. The first-order chi connectivity index (χ1) is 11.8. The molecular weight excluding hydrogens is 353 g/mol. The van der Waals surface area contributed by atoms with E-state index in [2.05, 4.69) is 20.3 Å². The summed E-state index contributed by atoms with van der Waals surface area (Å²) in [6, 6.07) is -0.390. The van der Waals surface area contributed by atoms with Gasteiger partial charge in [-0.25, -0.2) is 14.8 Å². The van der Waals surface area contributed by atoms with E-state index in [1.807, 2.05) is 0 Å². The molecule has 2 aromatic rings. The van der Waals surface area contributed by atoms with Crippen LogP contribution in [0.25, 0.3) is 11.0 Å². The summed E-state index contributed by atoms with van der Waals surface area (Å²) in [5, 5.41) is 2.30. The number of pyridine rings is 1. The smallest absolute Gasteiger partial charge is 0.418 e. The molecule has 0 saturated heterocycles. The summed E-state index contributed by atoms with van der Waals surface area (Å²) in [6.07, 6.45) is -5.63. The van der Waals surface area contributed by atoms with Gasteiger partial charge in [0.15, 0.2) is 5.52 Å². The van der Waals surface area contributed by atoms with Crippen molar-refractivity contribution < 1.29 is 22.7 Å². The number of carbonyl (C=O) groups is 1. The van der Waals surface area contributed by atoms with E-state index in [0.29, 0.717) is 0 Å². The summed E-state index contributed by atoms with van der Waals surface area (Å²) in [4.78, 5) is 34.0. The molecule has 0 fully saturated rings. The summed E-state index contributed by atoms with van der Waals surface area (Å²) in [5.74, 6) is 0.171. The number of ether oxygens (including phenoxy) is 1. The lowest BCUT2D eigenvalue weighted by Crippen LogP contribution is -2.35. The highest BCUT2D eigenvalue weighted by molar-refractivity contribution is 5.75. The van der Waals surface area contributed by atoms with E-state index < -0.39 is 40.7 Å². The molecule has 10 heteroatoms. The second-order valence-electron chi connectivity index (χ2n) is 6.81. The average Bonchev–Trinajstić information content (AvgIpc) is 2.42. The molecule has 0 bridgehead atoms. The highest BCUT2D eigenvalue weighted by Crippen LogP contribution is 2.35. The van der Waals surface area contributed by atoms with Crippen LogP contribution in [-0.4, -0.2) is 26.6 Å². The van der Waals surface area contributed by atoms with Gasteiger partial charge < -0.3 is 15.0 Å². The van der Waals surface area contributed by atoms with Crippen molar-refractivity contribution in [1.82, 2.24) is 20.3 Å². The minimum absolute atomic E-state index is 0.171. The fraction of sp³-hybridized carbons (Fsp3) is 0.500. The fourth-order valence-corrected chi connectivity index (χ4v) is 2.31. The van der Waals surface area contributed by atoms with Gasteiger partial charge in [0.2, 0.25) is 0 Å². The van der Waals surface area contributed by atoms with Gasteiger partial charge in [0.25, 0.3) is 5.56 Å². The molecule has 0 radical (unpaired) electrons. The van der Waals surface area contributed by atoms with Crippen molar-refractivity contribution in [2.75, 3.05) is 0 Å². The van der Waals surface area contributed by atoms with Gasteiger partial charge >= 0.3 is 12.3 Å². The minimum atomic E-state index is -4.74. The molecular formula is C16H19F3N4O3. The lowest BCUT2D eigenvalue weighted by Gasteiger charge is -2.23. The van der Waals surface area contributed by atoms with E-state index in [1.54, 1.807) is 20.8 Å². The highest BCUT2D eigenvalue weighted by Gasteiger charge is 2.37. The lowest BCUT2D eigenvalue weighted by atomic mass is 10.1. The summed E-state index contributed by atoms with van der Waals surface area (Å²) in [7, 11) is 0. The molecule has 26 heavy (non-hydrogen) atoms. The number of hydrogen-bond donors (Lipinski definition) is 2. The number of nitrogens with zero attached hydrogens (tertiary/aromatic N) is 2. The first-order valence-electron chi connectivity index (χ1n) is 7.76. The monoisotopic (exact) mass is 372 g/mol. The van der Waals surface area contributed by atoms with Crippen LogP contribution in [0.4, 0.5) is 18.0 Å². The van der Waals surface area contributed by atoms with Gasteiger partial charge in [0.1, 0.15) is 11.4 Å². The molecule has 0 aliphatic heterocycles. The third-order valence-corrected chi connectivity index (χ3v) is 3.28. The molecule has 2 rings (SSSR count). The van der Waals surface area contributed by atoms with Crippen molar-refractivity contribution in [2.24, 2.45) is 0 Å². The van der Waals surface area contributed by atoms with Crippen molar-refractivity contribution in [1.29, 1.82) is 0 Å². The van der Waals surface area contributed by atoms with Gasteiger partial charge in [0.05, 0.1) is 22.8 Å². The van der Waals surface area contributed by atoms with Crippen LogP contribution in [0.5, 0.6) is 0 Å². The predicted octanol–water partition coefficient (Wildman–Crippen LogP) is 3.23. The summed E-state index contributed by atoms with van der Waals surface area (Å²) < 4.78 is 45.4. The van der Waals surface area contributed by atoms with Crippen LogP contribution in [0.2, 0.25) is 0 Å². The number of aromatic nitrogens is 3. The largest absolute Gasteiger partial charge is 0.444 e. The maximum Gasteiger partial charge on any atom is 0.418 e. The van der Waals surface area contributed by atoms with E-state index in [1.165, 1.54) is 13.8 Å². The van der Waals surface area contributed by atoms with Crippen molar-refractivity contribution in [3.8, 4) is 0 Å². The fourth-order valence-electron chi connectivity index (χ4n) is 2.31. The highest BCUT2D eigenvalue weighted by atomic mass is 19.4. The third-order valence-electron chi connectivity index (χ3n) is 3.28. The predicted molar refractivity (Wildman–Crippen MR) is 87.7 cm³/mol. The number of rotatable bonds is 2. The summed E-state index contributed by atoms with van der Waals surface area (Å²) in [6.45, 7) is 7.65. The number of fused-ring (bicyclic) bond motifs is 1. The van der Waals surface area contributed by atoms with Gasteiger partial charge in [0, 0.05) is 0 Å². The number of aryl methyl sites for hydroxylation is 1. The molecule has 2 N–H and O–H groups in total. The van der Waals surface area contributed by atoms with Crippen molar-refractivity contribution in [3.63, 3.8) is 0 Å². The Morgan fingerprint density at radius 2 is 1.88 bits per heavy atom. The maximum absolute atomic E-state index is 13.4. The Bertz CT molecular complexity index is 900. The van der Waals surface area contributed by atoms with E-state index in [-0.39, 0.29) is 16.9 Å².